The van der Waals surface area contributed by atoms with Crippen molar-refractivity contribution in [1.29, 1.82) is 0 Å². The fraction of sp³-hybridized carbons (Fsp3) is 0.500. The topological polar surface area (TPSA) is 52.6 Å². The molecule has 0 saturated carbocycles. The Hall–Kier alpha value is -1.62. The lowest BCUT2D eigenvalue weighted by molar-refractivity contribution is -0.146. The highest BCUT2D eigenvalue weighted by Gasteiger charge is 2.25. The summed E-state index contributed by atoms with van der Waals surface area (Å²) in [5.41, 5.74) is 0.228. The summed E-state index contributed by atoms with van der Waals surface area (Å²) >= 11 is 5.73. The largest absolute Gasteiger partial charge is 0.466 e. The minimum atomic E-state index is -0.758. The lowest BCUT2D eigenvalue weighted by atomic mass is 9.93. The number of esters is 2. The minimum absolute atomic E-state index is 0.180. The summed E-state index contributed by atoms with van der Waals surface area (Å²) in [5, 5.41) is 0.260. The molecule has 1 aromatic carbocycles. The molecule has 0 spiro atoms. The van der Waals surface area contributed by atoms with Gasteiger partial charge < -0.3 is 9.47 Å². The van der Waals surface area contributed by atoms with E-state index in [2.05, 4.69) is 0 Å². The zero-order chi connectivity index (χ0) is 16.5. The van der Waals surface area contributed by atoms with Gasteiger partial charge in [-0.25, -0.2) is 4.39 Å². The summed E-state index contributed by atoms with van der Waals surface area (Å²) in [6.45, 7) is 3.93. The molecule has 1 rings (SSSR count). The van der Waals surface area contributed by atoms with E-state index in [0.717, 1.165) is 6.07 Å². The van der Waals surface area contributed by atoms with E-state index in [1.54, 1.807) is 13.8 Å². The maximum absolute atomic E-state index is 14.0. The zero-order valence-corrected chi connectivity index (χ0v) is 13.5. The fourth-order valence-electron chi connectivity index (χ4n) is 2.11. The number of halogens is 2. The normalized spacial score (nSPS) is 11.8. The van der Waals surface area contributed by atoms with E-state index in [9.17, 15) is 14.0 Å². The summed E-state index contributed by atoms with van der Waals surface area (Å²) < 4.78 is 23.8. The van der Waals surface area contributed by atoms with E-state index in [-0.39, 0.29) is 29.6 Å². The van der Waals surface area contributed by atoms with Crippen molar-refractivity contribution in [3.63, 3.8) is 0 Å². The monoisotopic (exact) mass is 330 g/mol. The second kappa shape index (κ2) is 9.41. The minimum Gasteiger partial charge on any atom is -0.466 e. The SMILES string of the molecule is CCOC(=O)CCCC(C(=O)OCC)c1ccc(Cl)cc1F. The summed E-state index contributed by atoms with van der Waals surface area (Å²) in [4.78, 5) is 23.4. The van der Waals surface area contributed by atoms with Crippen molar-refractivity contribution >= 4 is 23.5 Å². The number of carbonyl (C=O) groups is 2. The third-order valence-electron chi connectivity index (χ3n) is 3.09. The first-order valence-electron chi connectivity index (χ1n) is 7.26. The molecule has 0 fully saturated rings. The van der Waals surface area contributed by atoms with Crippen LogP contribution >= 0.6 is 11.6 Å². The van der Waals surface area contributed by atoms with Crippen LogP contribution < -0.4 is 0 Å². The maximum atomic E-state index is 14.0. The van der Waals surface area contributed by atoms with Crippen LogP contribution in [0.4, 0.5) is 4.39 Å². The van der Waals surface area contributed by atoms with Gasteiger partial charge in [-0.2, -0.15) is 0 Å². The van der Waals surface area contributed by atoms with Crippen LogP contribution in [0, 0.1) is 5.82 Å². The van der Waals surface area contributed by atoms with Gasteiger partial charge in [0.1, 0.15) is 5.82 Å². The first-order chi connectivity index (χ1) is 10.5. The molecule has 0 bridgehead atoms. The average Bonchev–Trinajstić information content (AvgIpc) is 2.45. The van der Waals surface area contributed by atoms with Crippen LogP contribution in [-0.2, 0) is 19.1 Å². The molecule has 0 aromatic heterocycles. The Morgan fingerprint density at radius 2 is 1.91 bits per heavy atom. The van der Waals surface area contributed by atoms with Crippen LogP contribution in [-0.4, -0.2) is 25.2 Å². The highest BCUT2D eigenvalue weighted by molar-refractivity contribution is 6.30. The van der Waals surface area contributed by atoms with E-state index in [1.807, 2.05) is 0 Å². The van der Waals surface area contributed by atoms with Gasteiger partial charge in [0.2, 0.25) is 0 Å². The van der Waals surface area contributed by atoms with E-state index < -0.39 is 17.7 Å². The molecule has 0 N–H and O–H groups in total. The first-order valence-corrected chi connectivity index (χ1v) is 7.64. The molecule has 1 aromatic rings. The number of hydrogen-bond donors (Lipinski definition) is 0. The molecule has 6 heteroatoms. The Kier molecular flexibility index (Phi) is 7.88. The zero-order valence-electron chi connectivity index (χ0n) is 12.7. The lowest BCUT2D eigenvalue weighted by Crippen LogP contribution is -2.18. The molecule has 4 nitrogen and oxygen atoms in total. The molecule has 0 saturated heterocycles. The maximum Gasteiger partial charge on any atom is 0.313 e. The van der Waals surface area contributed by atoms with Crippen LogP contribution in [0.2, 0.25) is 5.02 Å². The van der Waals surface area contributed by atoms with Gasteiger partial charge >= 0.3 is 11.9 Å². The molecule has 122 valence electrons. The van der Waals surface area contributed by atoms with E-state index in [0.29, 0.717) is 19.4 Å². The molecule has 22 heavy (non-hydrogen) atoms. The van der Waals surface area contributed by atoms with E-state index >= 15 is 0 Å². The standard InChI is InChI=1S/C16H20ClFO4/c1-3-21-15(19)7-5-6-13(16(20)22-4-2)12-9-8-11(17)10-14(12)18/h8-10,13H,3-7H2,1-2H3. The smallest absolute Gasteiger partial charge is 0.313 e. The Morgan fingerprint density at radius 3 is 2.50 bits per heavy atom. The molecule has 0 radical (unpaired) electrons. The molecule has 1 atom stereocenters. The van der Waals surface area contributed by atoms with Crippen LogP contribution in [0.1, 0.15) is 44.6 Å². The highest BCUT2D eigenvalue weighted by atomic mass is 35.5. The van der Waals surface area contributed by atoms with Crippen molar-refractivity contribution in [2.45, 2.75) is 39.0 Å². The molecule has 0 amide bonds. The Bertz CT molecular complexity index is 519. The van der Waals surface area contributed by atoms with Crippen LogP contribution in [0.5, 0.6) is 0 Å². The summed E-state index contributed by atoms with van der Waals surface area (Å²) in [6.07, 6.45) is 0.888. The van der Waals surface area contributed by atoms with Crippen LogP contribution in [0.3, 0.4) is 0 Å². The van der Waals surface area contributed by atoms with Crippen LogP contribution in [0.15, 0.2) is 18.2 Å². The summed E-state index contributed by atoms with van der Waals surface area (Å²) in [7, 11) is 0. The highest BCUT2D eigenvalue weighted by Crippen LogP contribution is 2.28. The van der Waals surface area contributed by atoms with Gasteiger partial charge in [-0.05, 0) is 38.8 Å². The molecule has 0 aliphatic rings. The fourth-order valence-corrected chi connectivity index (χ4v) is 2.27. The molecule has 0 aliphatic carbocycles. The number of ether oxygens (including phenoxy) is 2. The summed E-state index contributed by atoms with van der Waals surface area (Å²) in [6, 6.07) is 4.16. The van der Waals surface area contributed by atoms with E-state index in [1.165, 1.54) is 12.1 Å². The number of hydrogen-bond acceptors (Lipinski definition) is 4. The first kappa shape index (κ1) is 18.4. The number of rotatable bonds is 8. The van der Waals surface area contributed by atoms with Gasteiger partial charge in [0.25, 0.3) is 0 Å². The Morgan fingerprint density at radius 1 is 1.23 bits per heavy atom. The predicted octanol–water partition coefficient (Wildman–Crippen LogP) is 3.86. The van der Waals surface area contributed by atoms with Crippen molar-refractivity contribution in [3.8, 4) is 0 Å². The van der Waals surface area contributed by atoms with Gasteiger partial charge in [0.05, 0.1) is 19.1 Å². The molecular weight excluding hydrogens is 311 g/mol. The average molecular weight is 331 g/mol. The van der Waals surface area contributed by atoms with Crippen molar-refractivity contribution in [2.24, 2.45) is 0 Å². The van der Waals surface area contributed by atoms with Crippen molar-refractivity contribution in [3.05, 3.63) is 34.6 Å². The molecule has 0 aliphatic heterocycles. The molecular formula is C16H20ClFO4. The van der Waals surface area contributed by atoms with Gasteiger partial charge in [0, 0.05) is 17.0 Å². The summed E-state index contributed by atoms with van der Waals surface area (Å²) in [5.74, 6) is -2.15. The number of carbonyl (C=O) groups excluding carboxylic acids is 2. The lowest BCUT2D eigenvalue weighted by Gasteiger charge is -2.16. The van der Waals surface area contributed by atoms with Gasteiger partial charge in [-0.15, -0.1) is 0 Å². The second-order valence-corrected chi connectivity index (χ2v) is 5.10. The van der Waals surface area contributed by atoms with Crippen LogP contribution in [0.25, 0.3) is 0 Å². The van der Waals surface area contributed by atoms with Crippen molar-refractivity contribution < 1.29 is 23.5 Å². The third-order valence-corrected chi connectivity index (χ3v) is 3.32. The molecule has 1 unspecified atom stereocenters. The van der Waals surface area contributed by atoms with Crippen molar-refractivity contribution in [1.82, 2.24) is 0 Å². The van der Waals surface area contributed by atoms with E-state index in [4.69, 9.17) is 21.1 Å². The third kappa shape index (κ3) is 5.64. The Balaban J connectivity index is 2.80. The number of benzene rings is 1. The van der Waals surface area contributed by atoms with Gasteiger partial charge in [-0.3, -0.25) is 9.59 Å². The molecule has 0 heterocycles. The van der Waals surface area contributed by atoms with Crippen molar-refractivity contribution in [2.75, 3.05) is 13.2 Å². The second-order valence-electron chi connectivity index (χ2n) is 4.67. The predicted molar refractivity (Wildman–Crippen MR) is 81.3 cm³/mol. The van der Waals surface area contributed by atoms with Gasteiger partial charge in [-0.1, -0.05) is 17.7 Å². The van der Waals surface area contributed by atoms with Gasteiger partial charge in [0.15, 0.2) is 0 Å². The quantitative estimate of drug-likeness (QED) is 0.679. The Labute approximate surface area is 134 Å².